The van der Waals surface area contributed by atoms with E-state index in [4.69, 9.17) is 9.05 Å². The summed E-state index contributed by atoms with van der Waals surface area (Å²) in [4.78, 5) is 4.14. The predicted octanol–water partition coefficient (Wildman–Crippen LogP) is 3.71. The summed E-state index contributed by atoms with van der Waals surface area (Å²) < 4.78 is 24.5. The summed E-state index contributed by atoms with van der Waals surface area (Å²) >= 11 is 0. The van der Waals surface area contributed by atoms with Gasteiger partial charge in [0, 0.05) is 11.6 Å². The second kappa shape index (κ2) is 5.38. The van der Waals surface area contributed by atoms with E-state index in [1.165, 1.54) is 0 Å². The highest BCUT2D eigenvalue weighted by atomic mass is 31.2. The van der Waals surface area contributed by atoms with E-state index in [0.29, 0.717) is 12.0 Å². The van der Waals surface area contributed by atoms with Crippen LogP contribution in [0.3, 0.4) is 0 Å². The van der Waals surface area contributed by atoms with Crippen LogP contribution in [0, 0.1) is 5.41 Å². The molecule has 0 bridgehead atoms. The Balaban J connectivity index is 1.98. The smallest absolute Gasteiger partial charge is 0.303 e. The second-order valence-electron chi connectivity index (χ2n) is 5.84. The zero-order chi connectivity index (χ0) is 14.9. The highest BCUT2D eigenvalue weighted by Crippen LogP contribution is 2.59. The average molecular weight is 303 g/mol. The molecule has 0 spiro atoms. The van der Waals surface area contributed by atoms with E-state index in [0.717, 1.165) is 5.56 Å². The summed E-state index contributed by atoms with van der Waals surface area (Å²) in [5.74, 6) is 0. The van der Waals surface area contributed by atoms with Crippen molar-refractivity contribution in [3.05, 3.63) is 60.3 Å². The molecule has 2 atom stereocenters. The standard InChI is InChI=1S/C16H18NO3P/c1-16(2)12-19-21(18,14-10-6-7-11-17-14)20-15(16)13-8-4-3-5-9-13/h3-11,15H,12H2,1-2H3/t15-,21+/m0/s1. The summed E-state index contributed by atoms with van der Waals surface area (Å²) in [6.45, 7) is 4.46. The lowest BCUT2D eigenvalue weighted by Crippen LogP contribution is -2.35. The van der Waals surface area contributed by atoms with Crippen LogP contribution in [0.15, 0.2) is 54.7 Å². The summed E-state index contributed by atoms with van der Waals surface area (Å²) in [5.41, 5.74) is 1.10. The molecule has 21 heavy (non-hydrogen) atoms. The van der Waals surface area contributed by atoms with E-state index >= 15 is 0 Å². The molecule has 2 aromatic rings. The molecule has 1 aliphatic heterocycles. The SMILES string of the molecule is CC1(C)CO[P@](=O)(c2ccccn2)O[C@H]1c1ccccc1. The van der Waals surface area contributed by atoms with Crippen LogP contribution in [0.1, 0.15) is 25.5 Å². The Labute approximate surface area is 124 Å². The molecule has 0 unspecified atom stereocenters. The zero-order valence-corrected chi connectivity index (χ0v) is 13.0. The van der Waals surface area contributed by atoms with Gasteiger partial charge in [0.1, 0.15) is 0 Å². The minimum Gasteiger partial charge on any atom is -0.303 e. The molecule has 0 radical (unpaired) electrons. The Morgan fingerprint density at radius 3 is 2.52 bits per heavy atom. The van der Waals surface area contributed by atoms with Gasteiger partial charge in [-0.2, -0.15) is 0 Å². The Morgan fingerprint density at radius 2 is 1.86 bits per heavy atom. The van der Waals surface area contributed by atoms with Crippen LogP contribution >= 0.6 is 7.60 Å². The van der Waals surface area contributed by atoms with E-state index < -0.39 is 7.60 Å². The van der Waals surface area contributed by atoms with Gasteiger partial charge in [0.2, 0.25) is 0 Å². The van der Waals surface area contributed by atoms with Gasteiger partial charge in [-0.15, -0.1) is 0 Å². The fraction of sp³-hybridized carbons (Fsp3) is 0.312. The second-order valence-corrected chi connectivity index (χ2v) is 7.77. The Bertz CT molecular complexity index is 658. The third-order valence-electron chi connectivity index (χ3n) is 3.59. The van der Waals surface area contributed by atoms with Gasteiger partial charge in [-0.25, -0.2) is 4.98 Å². The summed E-state index contributed by atoms with van der Waals surface area (Å²) in [5, 5.41) is 0. The van der Waals surface area contributed by atoms with Crippen molar-refractivity contribution in [2.45, 2.75) is 20.0 Å². The lowest BCUT2D eigenvalue weighted by atomic mass is 9.83. The van der Waals surface area contributed by atoms with Crippen LogP contribution in [0.5, 0.6) is 0 Å². The van der Waals surface area contributed by atoms with E-state index in [-0.39, 0.29) is 11.5 Å². The number of hydrogen-bond acceptors (Lipinski definition) is 4. The van der Waals surface area contributed by atoms with Crippen molar-refractivity contribution >= 4 is 13.0 Å². The van der Waals surface area contributed by atoms with Gasteiger partial charge >= 0.3 is 7.60 Å². The topological polar surface area (TPSA) is 48.4 Å². The first-order valence-corrected chi connectivity index (χ1v) is 8.45. The predicted molar refractivity (Wildman–Crippen MR) is 81.5 cm³/mol. The quantitative estimate of drug-likeness (QED) is 0.793. The minimum atomic E-state index is -3.38. The Morgan fingerprint density at radius 1 is 1.14 bits per heavy atom. The fourth-order valence-corrected chi connectivity index (χ4v) is 4.38. The first-order chi connectivity index (χ1) is 10.0. The van der Waals surface area contributed by atoms with Crippen LogP contribution in [0.25, 0.3) is 0 Å². The van der Waals surface area contributed by atoms with Gasteiger partial charge in [0.05, 0.1) is 12.7 Å². The van der Waals surface area contributed by atoms with Crippen molar-refractivity contribution in [1.82, 2.24) is 4.98 Å². The minimum absolute atomic E-state index is 0.260. The summed E-state index contributed by atoms with van der Waals surface area (Å²) in [6.07, 6.45) is 1.30. The van der Waals surface area contributed by atoms with Gasteiger partial charge < -0.3 is 4.52 Å². The molecule has 0 saturated carbocycles. The lowest BCUT2D eigenvalue weighted by molar-refractivity contribution is -0.0230. The maximum Gasteiger partial charge on any atom is 0.380 e. The first-order valence-electron chi connectivity index (χ1n) is 6.91. The number of aromatic nitrogens is 1. The highest BCUT2D eigenvalue weighted by Gasteiger charge is 2.46. The zero-order valence-electron chi connectivity index (χ0n) is 12.1. The van der Waals surface area contributed by atoms with Crippen molar-refractivity contribution in [2.75, 3.05) is 6.61 Å². The fourth-order valence-electron chi connectivity index (χ4n) is 2.41. The Kier molecular flexibility index (Phi) is 3.70. The van der Waals surface area contributed by atoms with Gasteiger partial charge in [0.15, 0.2) is 5.44 Å². The number of benzene rings is 1. The highest BCUT2D eigenvalue weighted by molar-refractivity contribution is 7.62. The molecule has 1 saturated heterocycles. The van der Waals surface area contributed by atoms with Crippen molar-refractivity contribution in [1.29, 1.82) is 0 Å². The molecule has 1 aromatic heterocycles. The van der Waals surface area contributed by atoms with Gasteiger partial charge in [-0.3, -0.25) is 9.09 Å². The largest absolute Gasteiger partial charge is 0.380 e. The summed E-state index contributed by atoms with van der Waals surface area (Å²) in [6, 6.07) is 15.1. The van der Waals surface area contributed by atoms with Gasteiger partial charge in [-0.1, -0.05) is 50.2 Å². The Hall–Kier alpha value is -1.48. The molecule has 1 aromatic carbocycles. The normalized spacial score (nSPS) is 28.2. The van der Waals surface area contributed by atoms with Crippen molar-refractivity contribution in [2.24, 2.45) is 5.41 Å². The first kappa shape index (κ1) is 14.5. The maximum atomic E-state index is 13.0. The molecule has 1 fully saturated rings. The molecule has 0 amide bonds. The molecule has 4 nitrogen and oxygen atoms in total. The third kappa shape index (κ3) is 2.80. The molecular formula is C16H18NO3P. The maximum absolute atomic E-state index is 13.0. The van der Waals surface area contributed by atoms with Crippen LogP contribution < -0.4 is 5.44 Å². The molecule has 3 rings (SSSR count). The molecule has 1 aliphatic rings. The van der Waals surface area contributed by atoms with Crippen molar-refractivity contribution in [3.63, 3.8) is 0 Å². The van der Waals surface area contributed by atoms with E-state index in [1.807, 2.05) is 44.2 Å². The lowest BCUT2D eigenvalue weighted by Gasteiger charge is -2.41. The van der Waals surface area contributed by atoms with Crippen molar-refractivity contribution in [3.8, 4) is 0 Å². The van der Waals surface area contributed by atoms with E-state index in [1.54, 1.807) is 24.4 Å². The number of pyridine rings is 1. The number of hydrogen-bond donors (Lipinski definition) is 0. The van der Waals surface area contributed by atoms with Gasteiger partial charge in [0.25, 0.3) is 0 Å². The average Bonchev–Trinajstić information content (AvgIpc) is 2.52. The molecule has 110 valence electrons. The number of rotatable bonds is 2. The molecule has 2 heterocycles. The molecule has 0 N–H and O–H groups in total. The van der Waals surface area contributed by atoms with Crippen LogP contribution in [0.4, 0.5) is 0 Å². The third-order valence-corrected chi connectivity index (χ3v) is 5.38. The van der Waals surface area contributed by atoms with Crippen molar-refractivity contribution < 1.29 is 13.6 Å². The van der Waals surface area contributed by atoms with E-state index in [9.17, 15) is 4.57 Å². The van der Waals surface area contributed by atoms with Crippen LogP contribution in [-0.4, -0.2) is 11.6 Å². The molecule has 5 heteroatoms. The summed E-state index contributed by atoms with van der Waals surface area (Å²) in [7, 11) is -3.38. The monoisotopic (exact) mass is 303 g/mol. The van der Waals surface area contributed by atoms with Gasteiger partial charge in [-0.05, 0) is 17.7 Å². The number of nitrogens with zero attached hydrogens (tertiary/aromatic N) is 1. The van der Waals surface area contributed by atoms with Crippen LogP contribution in [0.2, 0.25) is 0 Å². The molecule has 0 aliphatic carbocycles. The van der Waals surface area contributed by atoms with Crippen LogP contribution in [-0.2, 0) is 13.6 Å². The molecular weight excluding hydrogens is 285 g/mol. The van der Waals surface area contributed by atoms with E-state index in [2.05, 4.69) is 4.98 Å².